The Morgan fingerprint density at radius 2 is 1.43 bits per heavy atom. The van der Waals surface area contributed by atoms with Gasteiger partial charge in [0.25, 0.3) is 0 Å². The van der Waals surface area contributed by atoms with E-state index >= 15 is 0 Å². The second-order valence-electron chi connectivity index (χ2n) is 4.45. The third kappa shape index (κ3) is 2.79. The van der Waals surface area contributed by atoms with Gasteiger partial charge >= 0.3 is 18.0 Å². The van der Waals surface area contributed by atoms with Gasteiger partial charge in [0.05, 0.1) is 11.9 Å². The van der Waals surface area contributed by atoms with Crippen LogP contribution in [0.25, 0.3) is 10.9 Å². The van der Waals surface area contributed by atoms with Crippen molar-refractivity contribution in [1.29, 1.82) is 0 Å². The summed E-state index contributed by atoms with van der Waals surface area (Å²) >= 11 is 0. The van der Waals surface area contributed by atoms with Crippen molar-refractivity contribution < 1.29 is 30.7 Å². The molecule has 0 saturated carbocycles. The number of alkyl halides is 7. The fraction of sp³-hybridized carbons (Fsp3) is 0.308. The van der Waals surface area contributed by atoms with Crippen molar-refractivity contribution in [2.75, 3.05) is 0 Å². The van der Waals surface area contributed by atoms with E-state index in [1.165, 1.54) is 12.1 Å². The molecule has 1 aromatic carbocycles. The number of fused-ring (bicyclic) bond motifs is 1. The zero-order valence-corrected chi connectivity index (χ0v) is 10.3. The van der Waals surface area contributed by atoms with E-state index in [1.807, 2.05) is 0 Å². The highest BCUT2D eigenvalue weighted by molar-refractivity contribution is 5.78. The third-order valence-electron chi connectivity index (χ3n) is 2.87. The molecule has 2 aromatic rings. The molecule has 0 saturated heterocycles. The molecule has 0 amide bonds. The minimum absolute atomic E-state index is 0.237. The summed E-state index contributed by atoms with van der Waals surface area (Å²) in [4.78, 5) is 3.68. The lowest BCUT2D eigenvalue weighted by atomic mass is 10.0. The fourth-order valence-corrected chi connectivity index (χ4v) is 1.75. The molecular weight excluding hydrogens is 303 g/mol. The van der Waals surface area contributed by atoms with E-state index in [4.69, 9.17) is 0 Å². The Balaban J connectivity index is 2.34. The monoisotopic (exact) mass is 311 g/mol. The molecule has 0 spiro atoms. The molecule has 0 atom stereocenters. The van der Waals surface area contributed by atoms with E-state index in [1.54, 1.807) is 18.2 Å². The third-order valence-corrected chi connectivity index (χ3v) is 2.87. The maximum atomic E-state index is 13.3. The maximum Gasteiger partial charge on any atom is 0.459 e. The smallest absolute Gasteiger partial charge is 0.253 e. The van der Waals surface area contributed by atoms with Crippen LogP contribution in [0.15, 0.2) is 36.4 Å². The lowest BCUT2D eigenvalue weighted by molar-refractivity contribution is -0.354. The molecule has 1 nitrogen and oxygen atoms in total. The SMILES string of the molecule is FC(F)(F)C(F)(F)C(F)(F)Cc1ccc2ccccc2n1. The van der Waals surface area contributed by atoms with Crippen LogP contribution in [-0.2, 0) is 6.42 Å². The van der Waals surface area contributed by atoms with Crippen LogP contribution in [0.3, 0.4) is 0 Å². The lowest BCUT2D eigenvalue weighted by Crippen LogP contribution is -2.53. The van der Waals surface area contributed by atoms with Crippen LogP contribution in [-0.4, -0.2) is 23.0 Å². The van der Waals surface area contributed by atoms with Gasteiger partial charge in [-0.2, -0.15) is 30.7 Å². The highest BCUT2D eigenvalue weighted by Crippen LogP contribution is 2.47. The number of hydrogen-bond donors (Lipinski definition) is 0. The first-order valence-corrected chi connectivity index (χ1v) is 5.72. The number of halogens is 7. The van der Waals surface area contributed by atoms with Crippen molar-refractivity contribution in [3.05, 3.63) is 42.1 Å². The first kappa shape index (κ1) is 15.5. The summed E-state index contributed by atoms with van der Waals surface area (Å²) in [5.74, 6) is -11.4. The molecule has 0 aliphatic heterocycles. The van der Waals surface area contributed by atoms with Gasteiger partial charge in [-0.25, -0.2) is 0 Å². The zero-order chi connectivity index (χ0) is 15.9. The topological polar surface area (TPSA) is 12.9 Å². The summed E-state index contributed by atoms with van der Waals surface area (Å²) < 4.78 is 88.3. The summed E-state index contributed by atoms with van der Waals surface area (Å²) in [6.07, 6.45) is -8.13. The van der Waals surface area contributed by atoms with Crippen molar-refractivity contribution in [3.8, 4) is 0 Å². The molecule has 0 aliphatic rings. The predicted octanol–water partition coefficient (Wildman–Crippen LogP) is 4.61. The average Bonchev–Trinajstić information content (AvgIpc) is 2.36. The van der Waals surface area contributed by atoms with Crippen molar-refractivity contribution in [2.24, 2.45) is 0 Å². The van der Waals surface area contributed by atoms with Gasteiger partial charge in [-0.1, -0.05) is 24.3 Å². The average molecular weight is 311 g/mol. The minimum atomic E-state index is -6.33. The first-order chi connectivity index (χ1) is 9.54. The van der Waals surface area contributed by atoms with Gasteiger partial charge < -0.3 is 0 Å². The van der Waals surface area contributed by atoms with Gasteiger partial charge in [-0.05, 0) is 12.1 Å². The molecule has 0 aliphatic carbocycles. The molecule has 0 N–H and O–H groups in total. The Morgan fingerprint density at radius 3 is 2.05 bits per heavy atom. The standard InChI is InChI=1S/C13H8F7N/c14-11(15,12(16,17)13(18,19)20)7-9-6-5-8-3-1-2-4-10(8)21-9/h1-6H,7H2. The molecule has 21 heavy (non-hydrogen) atoms. The largest absolute Gasteiger partial charge is 0.459 e. The number of rotatable bonds is 3. The summed E-state index contributed by atoms with van der Waals surface area (Å²) in [5.41, 5.74) is -0.302. The Kier molecular flexibility index (Phi) is 3.59. The summed E-state index contributed by atoms with van der Waals surface area (Å²) in [6, 6.07) is 8.58. The van der Waals surface area contributed by atoms with Crippen LogP contribution in [0.4, 0.5) is 30.7 Å². The number of hydrogen-bond acceptors (Lipinski definition) is 1. The van der Waals surface area contributed by atoms with Crippen molar-refractivity contribution in [1.82, 2.24) is 4.98 Å². The van der Waals surface area contributed by atoms with Crippen molar-refractivity contribution in [3.63, 3.8) is 0 Å². The number of pyridine rings is 1. The van der Waals surface area contributed by atoms with Crippen LogP contribution in [0, 0.1) is 0 Å². The van der Waals surface area contributed by atoms with Crippen LogP contribution in [0.5, 0.6) is 0 Å². The van der Waals surface area contributed by atoms with Gasteiger partial charge in [0, 0.05) is 11.1 Å². The Hall–Kier alpha value is -1.86. The van der Waals surface area contributed by atoms with E-state index in [0.29, 0.717) is 5.39 Å². The van der Waals surface area contributed by atoms with Gasteiger partial charge in [0.15, 0.2) is 0 Å². The second kappa shape index (κ2) is 4.85. The van der Waals surface area contributed by atoms with E-state index in [2.05, 4.69) is 4.98 Å². The van der Waals surface area contributed by atoms with E-state index < -0.39 is 30.1 Å². The number of nitrogens with zero attached hydrogens (tertiary/aromatic N) is 1. The highest BCUT2D eigenvalue weighted by Gasteiger charge is 2.72. The van der Waals surface area contributed by atoms with E-state index in [9.17, 15) is 30.7 Å². The highest BCUT2D eigenvalue weighted by atomic mass is 19.4. The Bertz CT molecular complexity index is 648. The van der Waals surface area contributed by atoms with E-state index in [0.717, 1.165) is 6.07 Å². The summed E-state index contributed by atoms with van der Waals surface area (Å²) in [5, 5.41) is 0.562. The molecule has 0 unspecified atom stereocenters. The molecule has 1 heterocycles. The number of benzene rings is 1. The lowest BCUT2D eigenvalue weighted by Gasteiger charge is -2.27. The molecule has 2 rings (SSSR count). The van der Waals surface area contributed by atoms with Crippen LogP contribution < -0.4 is 0 Å². The van der Waals surface area contributed by atoms with Crippen LogP contribution in [0.2, 0.25) is 0 Å². The van der Waals surface area contributed by atoms with Gasteiger partial charge in [0.2, 0.25) is 0 Å². The van der Waals surface area contributed by atoms with Crippen molar-refractivity contribution in [2.45, 2.75) is 24.4 Å². The van der Waals surface area contributed by atoms with Gasteiger partial charge in [-0.3, -0.25) is 4.98 Å². The molecule has 8 heteroatoms. The minimum Gasteiger partial charge on any atom is -0.253 e. The quantitative estimate of drug-likeness (QED) is 0.754. The first-order valence-electron chi connectivity index (χ1n) is 5.72. The normalized spacial score (nSPS) is 13.7. The Morgan fingerprint density at radius 1 is 0.810 bits per heavy atom. The van der Waals surface area contributed by atoms with Crippen molar-refractivity contribution >= 4 is 10.9 Å². The summed E-state index contributed by atoms with van der Waals surface area (Å²) in [7, 11) is 0. The van der Waals surface area contributed by atoms with Gasteiger partial charge in [-0.15, -0.1) is 0 Å². The van der Waals surface area contributed by atoms with Gasteiger partial charge in [0.1, 0.15) is 0 Å². The maximum absolute atomic E-state index is 13.3. The molecule has 0 radical (unpaired) electrons. The Labute approximate surface area is 114 Å². The van der Waals surface area contributed by atoms with Crippen LogP contribution in [0.1, 0.15) is 5.69 Å². The molecular formula is C13H8F7N. The fourth-order valence-electron chi connectivity index (χ4n) is 1.75. The predicted molar refractivity (Wildman–Crippen MR) is 61.4 cm³/mol. The molecule has 0 bridgehead atoms. The zero-order valence-electron chi connectivity index (χ0n) is 10.3. The molecule has 114 valence electrons. The second-order valence-corrected chi connectivity index (χ2v) is 4.45. The number of para-hydroxylation sites is 1. The molecule has 0 fully saturated rings. The van der Waals surface area contributed by atoms with Crippen LogP contribution >= 0.6 is 0 Å². The summed E-state index contributed by atoms with van der Waals surface area (Å²) in [6.45, 7) is 0. The van der Waals surface area contributed by atoms with E-state index in [-0.39, 0.29) is 5.52 Å². The number of aromatic nitrogens is 1. The molecule has 1 aromatic heterocycles.